The van der Waals surface area contributed by atoms with Gasteiger partial charge >= 0.3 is 5.97 Å². The van der Waals surface area contributed by atoms with Gasteiger partial charge in [-0.05, 0) is 12.1 Å². The highest BCUT2D eigenvalue weighted by molar-refractivity contribution is 5.99. The zero-order chi connectivity index (χ0) is 14.0. The highest BCUT2D eigenvalue weighted by atomic mass is 16.4. The van der Waals surface area contributed by atoms with Gasteiger partial charge in [-0.2, -0.15) is 0 Å². The normalized spacial score (nSPS) is 10.1. The summed E-state index contributed by atoms with van der Waals surface area (Å²) in [5, 5.41) is 31.0. The van der Waals surface area contributed by atoms with E-state index in [1.54, 1.807) is 24.3 Å². The third-order valence-corrected chi connectivity index (χ3v) is 2.59. The minimum Gasteiger partial charge on any atom is -0.507 e. The molecule has 0 atom stereocenters. The van der Waals surface area contributed by atoms with Gasteiger partial charge in [-0.15, -0.1) is 0 Å². The number of para-hydroxylation sites is 1. The number of carboxylic acid groups (broad SMARTS) is 1. The second kappa shape index (κ2) is 4.77. The van der Waals surface area contributed by atoms with Crippen LogP contribution in [0.25, 0.3) is 0 Å². The SMILES string of the molecule is Nc1c(Nc2ccccc2)cc(O)c(C(=O)O)c1O. The number of carbonyl (C=O) groups is 1. The van der Waals surface area contributed by atoms with Crippen molar-refractivity contribution in [3.63, 3.8) is 0 Å². The summed E-state index contributed by atoms with van der Waals surface area (Å²) in [7, 11) is 0. The first-order valence-electron chi connectivity index (χ1n) is 5.40. The number of hydrogen-bond acceptors (Lipinski definition) is 5. The van der Waals surface area contributed by atoms with Gasteiger partial charge in [0.05, 0.1) is 11.4 Å². The summed E-state index contributed by atoms with van der Waals surface area (Å²) in [6.45, 7) is 0. The van der Waals surface area contributed by atoms with Crippen molar-refractivity contribution in [3.8, 4) is 11.5 Å². The topological polar surface area (TPSA) is 116 Å². The van der Waals surface area contributed by atoms with Crippen LogP contribution in [0.4, 0.5) is 17.1 Å². The third-order valence-electron chi connectivity index (χ3n) is 2.59. The van der Waals surface area contributed by atoms with Gasteiger partial charge in [0.15, 0.2) is 5.75 Å². The minimum absolute atomic E-state index is 0.140. The van der Waals surface area contributed by atoms with E-state index < -0.39 is 23.0 Å². The molecule has 98 valence electrons. The predicted molar refractivity (Wildman–Crippen MR) is 70.9 cm³/mol. The number of nitrogens with two attached hydrogens (primary N) is 1. The van der Waals surface area contributed by atoms with E-state index in [2.05, 4.69) is 5.32 Å². The standard InChI is InChI=1S/C13H12N2O4/c14-11-8(15-7-4-2-1-3-5-7)6-9(16)10(12(11)17)13(18)19/h1-6,15-17H,14H2,(H,18,19). The Morgan fingerprint density at radius 3 is 2.37 bits per heavy atom. The number of hydrogen-bond donors (Lipinski definition) is 5. The maximum absolute atomic E-state index is 10.9. The Balaban J connectivity index is 2.46. The smallest absolute Gasteiger partial charge is 0.343 e. The molecule has 0 saturated heterocycles. The maximum Gasteiger partial charge on any atom is 0.343 e. The molecule has 2 rings (SSSR count). The minimum atomic E-state index is -1.45. The summed E-state index contributed by atoms with van der Waals surface area (Å²) >= 11 is 0. The molecule has 0 amide bonds. The van der Waals surface area contributed by atoms with E-state index >= 15 is 0 Å². The van der Waals surface area contributed by atoms with Gasteiger partial charge in [-0.3, -0.25) is 0 Å². The summed E-state index contributed by atoms with van der Waals surface area (Å²) in [4.78, 5) is 10.9. The first-order chi connectivity index (χ1) is 9.00. The van der Waals surface area contributed by atoms with Crippen molar-refractivity contribution in [1.29, 1.82) is 0 Å². The Hall–Kier alpha value is -2.89. The lowest BCUT2D eigenvalue weighted by molar-refractivity contribution is 0.0690. The molecule has 0 heterocycles. The van der Waals surface area contributed by atoms with Crippen molar-refractivity contribution >= 4 is 23.0 Å². The number of benzene rings is 2. The van der Waals surface area contributed by atoms with Crippen LogP contribution < -0.4 is 11.1 Å². The van der Waals surface area contributed by atoms with E-state index in [1.807, 2.05) is 6.07 Å². The molecule has 6 nitrogen and oxygen atoms in total. The molecule has 0 aliphatic carbocycles. The van der Waals surface area contributed by atoms with Gasteiger partial charge in [-0.25, -0.2) is 4.79 Å². The fraction of sp³-hybridized carbons (Fsp3) is 0. The number of aromatic hydroxyl groups is 2. The number of carboxylic acids is 1. The van der Waals surface area contributed by atoms with E-state index in [1.165, 1.54) is 0 Å². The summed E-state index contributed by atoms with van der Waals surface area (Å²) in [5.74, 6) is -2.67. The third kappa shape index (κ3) is 2.37. The van der Waals surface area contributed by atoms with Crippen LogP contribution in [0, 0.1) is 0 Å². The van der Waals surface area contributed by atoms with E-state index in [0.29, 0.717) is 5.69 Å². The summed E-state index contributed by atoms with van der Waals surface area (Å²) in [5.41, 5.74) is 5.82. The number of rotatable bonds is 3. The van der Waals surface area contributed by atoms with Gasteiger partial charge in [0.25, 0.3) is 0 Å². The highest BCUT2D eigenvalue weighted by Crippen LogP contribution is 2.39. The lowest BCUT2D eigenvalue weighted by Gasteiger charge is -2.13. The van der Waals surface area contributed by atoms with Crippen molar-refractivity contribution in [2.24, 2.45) is 0 Å². The van der Waals surface area contributed by atoms with Crippen LogP contribution in [-0.2, 0) is 0 Å². The van der Waals surface area contributed by atoms with Crippen LogP contribution in [0.5, 0.6) is 11.5 Å². The Morgan fingerprint density at radius 1 is 1.16 bits per heavy atom. The second-order valence-corrected chi connectivity index (χ2v) is 3.88. The molecule has 0 aromatic heterocycles. The zero-order valence-electron chi connectivity index (χ0n) is 9.79. The van der Waals surface area contributed by atoms with Crippen LogP contribution in [0.15, 0.2) is 36.4 Å². The van der Waals surface area contributed by atoms with Crippen molar-refractivity contribution in [1.82, 2.24) is 0 Å². The Labute approximate surface area is 108 Å². The average Bonchev–Trinajstić information content (AvgIpc) is 2.36. The van der Waals surface area contributed by atoms with E-state index in [0.717, 1.165) is 6.07 Å². The number of nitrogen functional groups attached to an aromatic ring is 1. The molecule has 0 bridgehead atoms. The molecule has 6 heteroatoms. The molecular weight excluding hydrogens is 248 g/mol. The number of aromatic carboxylic acids is 1. The lowest BCUT2D eigenvalue weighted by atomic mass is 10.1. The molecule has 0 aliphatic heterocycles. The van der Waals surface area contributed by atoms with Gasteiger partial charge in [0.2, 0.25) is 0 Å². The number of nitrogens with one attached hydrogen (secondary N) is 1. The van der Waals surface area contributed by atoms with Gasteiger partial charge in [-0.1, -0.05) is 18.2 Å². The summed E-state index contributed by atoms with van der Waals surface area (Å²) in [6, 6.07) is 10.1. The van der Waals surface area contributed by atoms with E-state index in [4.69, 9.17) is 10.8 Å². The second-order valence-electron chi connectivity index (χ2n) is 3.88. The largest absolute Gasteiger partial charge is 0.507 e. The van der Waals surface area contributed by atoms with Gasteiger partial charge in [0, 0.05) is 11.8 Å². The van der Waals surface area contributed by atoms with Crippen LogP contribution >= 0.6 is 0 Å². The van der Waals surface area contributed by atoms with Gasteiger partial charge in [0.1, 0.15) is 11.3 Å². The molecule has 0 unspecified atom stereocenters. The predicted octanol–water partition coefficient (Wildman–Crippen LogP) is 2.12. The van der Waals surface area contributed by atoms with Crippen LogP contribution in [0.2, 0.25) is 0 Å². The molecule has 2 aromatic rings. The molecule has 19 heavy (non-hydrogen) atoms. The van der Waals surface area contributed by atoms with Crippen LogP contribution in [0.1, 0.15) is 10.4 Å². The van der Waals surface area contributed by atoms with Crippen molar-refractivity contribution in [3.05, 3.63) is 42.0 Å². The fourth-order valence-corrected chi connectivity index (χ4v) is 1.66. The molecule has 0 radical (unpaired) electrons. The molecule has 0 spiro atoms. The fourth-order valence-electron chi connectivity index (χ4n) is 1.66. The molecule has 0 saturated carbocycles. The molecule has 0 aliphatic rings. The van der Waals surface area contributed by atoms with Crippen LogP contribution in [0.3, 0.4) is 0 Å². The summed E-state index contributed by atoms with van der Waals surface area (Å²) in [6.07, 6.45) is 0. The quantitative estimate of drug-likeness (QED) is 0.328. The van der Waals surface area contributed by atoms with E-state index in [9.17, 15) is 15.0 Å². The lowest BCUT2D eigenvalue weighted by Crippen LogP contribution is -2.03. The Bertz CT molecular complexity index is 626. The Kier molecular flexibility index (Phi) is 3.15. The van der Waals surface area contributed by atoms with Gasteiger partial charge < -0.3 is 26.4 Å². The number of phenols is 2. The number of anilines is 3. The van der Waals surface area contributed by atoms with Crippen molar-refractivity contribution < 1.29 is 20.1 Å². The first kappa shape index (κ1) is 12.6. The molecule has 0 fully saturated rings. The Morgan fingerprint density at radius 2 is 1.79 bits per heavy atom. The highest BCUT2D eigenvalue weighted by Gasteiger charge is 2.20. The average molecular weight is 260 g/mol. The first-order valence-corrected chi connectivity index (χ1v) is 5.40. The van der Waals surface area contributed by atoms with Crippen molar-refractivity contribution in [2.45, 2.75) is 0 Å². The maximum atomic E-state index is 10.9. The summed E-state index contributed by atoms with van der Waals surface area (Å²) < 4.78 is 0. The van der Waals surface area contributed by atoms with Crippen LogP contribution in [-0.4, -0.2) is 21.3 Å². The molecular formula is C13H12N2O4. The van der Waals surface area contributed by atoms with Crippen molar-refractivity contribution in [2.75, 3.05) is 11.1 Å². The molecule has 2 aromatic carbocycles. The van der Waals surface area contributed by atoms with E-state index in [-0.39, 0.29) is 11.4 Å². The molecule has 6 N–H and O–H groups in total. The zero-order valence-corrected chi connectivity index (χ0v) is 9.79. The monoisotopic (exact) mass is 260 g/mol.